The molecule has 3 aromatic rings. The SMILES string of the molecule is NC(=O)c1ccc(S(=O)(=O)Cc2ccn(-c3ccc([N+](=O)[O-])cc3)n2)cc1. The van der Waals surface area contributed by atoms with Crippen LogP contribution in [0.3, 0.4) is 0 Å². The van der Waals surface area contributed by atoms with Gasteiger partial charge in [-0.25, -0.2) is 13.1 Å². The van der Waals surface area contributed by atoms with Gasteiger partial charge in [0, 0.05) is 23.9 Å². The second-order valence-corrected chi connectivity index (χ2v) is 7.66. The Bertz CT molecular complexity index is 1100. The van der Waals surface area contributed by atoms with Crippen molar-refractivity contribution in [3.8, 4) is 5.69 Å². The van der Waals surface area contributed by atoms with Crippen LogP contribution in [0.25, 0.3) is 5.69 Å². The Labute approximate surface area is 154 Å². The van der Waals surface area contributed by atoms with Crippen LogP contribution in [0.2, 0.25) is 0 Å². The molecule has 3 rings (SSSR count). The number of carbonyl (C=O) groups is 1. The van der Waals surface area contributed by atoms with Crippen molar-refractivity contribution in [2.45, 2.75) is 10.6 Å². The second kappa shape index (κ2) is 7.00. The fraction of sp³-hybridized carbons (Fsp3) is 0.0588. The summed E-state index contributed by atoms with van der Waals surface area (Å²) in [6.45, 7) is 0. The lowest BCUT2D eigenvalue weighted by atomic mass is 10.2. The Morgan fingerprint density at radius 2 is 1.70 bits per heavy atom. The van der Waals surface area contributed by atoms with Crippen LogP contribution in [-0.2, 0) is 15.6 Å². The third-order valence-electron chi connectivity index (χ3n) is 3.81. The van der Waals surface area contributed by atoms with Crippen LogP contribution in [0.5, 0.6) is 0 Å². The highest BCUT2D eigenvalue weighted by atomic mass is 32.2. The Morgan fingerprint density at radius 1 is 1.07 bits per heavy atom. The van der Waals surface area contributed by atoms with E-state index >= 15 is 0 Å². The Kier molecular flexibility index (Phi) is 4.74. The third kappa shape index (κ3) is 4.01. The molecule has 0 aliphatic carbocycles. The number of sulfone groups is 1. The van der Waals surface area contributed by atoms with Gasteiger partial charge in [0.05, 0.1) is 27.0 Å². The van der Waals surface area contributed by atoms with Crippen molar-refractivity contribution in [3.05, 3.63) is 82.2 Å². The zero-order valence-electron chi connectivity index (χ0n) is 13.8. The van der Waals surface area contributed by atoms with Gasteiger partial charge in [0.25, 0.3) is 5.69 Å². The molecular formula is C17H14N4O5S. The monoisotopic (exact) mass is 386 g/mol. The minimum absolute atomic E-state index is 0.0480. The predicted octanol–water partition coefficient (Wildman–Crippen LogP) is 1.85. The van der Waals surface area contributed by atoms with Gasteiger partial charge in [-0.15, -0.1) is 0 Å². The Morgan fingerprint density at radius 3 is 2.26 bits per heavy atom. The molecule has 0 aliphatic heterocycles. The standard InChI is InChI=1S/C17H14N4O5S/c18-17(22)12-1-7-16(8-2-12)27(25,26)11-13-9-10-20(19-13)14-3-5-15(6-4-14)21(23)24/h1-10H,11H2,(H2,18,22). The largest absolute Gasteiger partial charge is 0.366 e. The van der Waals surface area contributed by atoms with E-state index < -0.39 is 20.7 Å². The number of primary amides is 1. The van der Waals surface area contributed by atoms with Crippen molar-refractivity contribution >= 4 is 21.4 Å². The van der Waals surface area contributed by atoms with E-state index in [9.17, 15) is 23.3 Å². The van der Waals surface area contributed by atoms with Gasteiger partial charge in [-0.05, 0) is 42.5 Å². The Hall–Kier alpha value is -3.53. The normalized spacial score (nSPS) is 11.3. The first-order valence-electron chi connectivity index (χ1n) is 7.68. The highest BCUT2D eigenvalue weighted by Gasteiger charge is 2.18. The number of rotatable bonds is 6. The molecule has 0 saturated carbocycles. The van der Waals surface area contributed by atoms with E-state index in [1.165, 1.54) is 53.2 Å². The molecule has 0 fully saturated rings. The van der Waals surface area contributed by atoms with Crippen LogP contribution in [0, 0.1) is 10.1 Å². The molecule has 1 aromatic heterocycles. The molecule has 138 valence electrons. The van der Waals surface area contributed by atoms with Gasteiger partial charge in [0.1, 0.15) is 0 Å². The van der Waals surface area contributed by atoms with Crippen molar-refractivity contribution in [2.75, 3.05) is 0 Å². The quantitative estimate of drug-likeness (QED) is 0.507. The van der Waals surface area contributed by atoms with E-state index in [0.717, 1.165) is 0 Å². The zero-order chi connectivity index (χ0) is 19.6. The summed E-state index contributed by atoms with van der Waals surface area (Å²) in [5.74, 6) is -0.969. The van der Waals surface area contributed by atoms with Gasteiger partial charge >= 0.3 is 0 Å². The molecule has 0 radical (unpaired) electrons. The highest BCUT2D eigenvalue weighted by Crippen LogP contribution is 2.18. The summed E-state index contributed by atoms with van der Waals surface area (Å²) in [6.07, 6.45) is 1.57. The third-order valence-corrected chi connectivity index (χ3v) is 5.47. The Balaban J connectivity index is 1.80. The molecule has 10 heteroatoms. The van der Waals surface area contributed by atoms with Gasteiger partial charge in [0.15, 0.2) is 9.84 Å². The van der Waals surface area contributed by atoms with Gasteiger partial charge in [-0.1, -0.05) is 0 Å². The fourth-order valence-corrected chi connectivity index (χ4v) is 3.67. The van der Waals surface area contributed by atoms with Crippen molar-refractivity contribution in [1.82, 2.24) is 9.78 Å². The minimum Gasteiger partial charge on any atom is -0.366 e. The van der Waals surface area contributed by atoms with Crippen LogP contribution in [0.15, 0.2) is 65.7 Å². The number of non-ortho nitro benzene ring substituents is 1. The number of aromatic nitrogens is 2. The van der Waals surface area contributed by atoms with Crippen molar-refractivity contribution in [1.29, 1.82) is 0 Å². The van der Waals surface area contributed by atoms with Gasteiger partial charge < -0.3 is 5.73 Å². The second-order valence-electron chi connectivity index (χ2n) is 5.67. The number of hydrogen-bond donors (Lipinski definition) is 1. The maximum absolute atomic E-state index is 12.5. The lowest BCUT2D eigenvalue weighted by Gasteiger charge is -2.04. The topological polar surface area (TPSA) is 138 Å². The summed E-state index contributed by atoms with van der Waals surface area (Å²) < 4.78 is 26.5. The number of hydrogen-bond acceptors (Lipinski definition) is 6. The highest BCUT2D eigenvalue weighted by molar-refractivity contribution is 7.90. The number of nitro groups is 1. The molecular weight excluding hydrogens is 372 g/mol. The number of nitrogens with two attached hydrogens (primary N) is 1. The van der Waals surface area contributed by atoms with E-state index in [0.29, 0.717) is 11.4 Å². The molecule has 0 spiro atoms. The van der Waals surface area contributed by atoms with Crippen LogP contribution in [0.4, 0.5) is 5.69 Å². The average molecular weight is 386 g/mol. The maximum Gasteiger partial charge on any atom is 0.269 e. The van der Waals surface area contributed by atoms with E-state index in [-0.39, 0.29) is 21.9 Å². The van der Waals surface area contributed by atoms with E-state index in [4.69, 9.17) is 5.73 Å². The summed E-state index contributed by atoms with van der Waals surface area (Å²) >= 11 is 0. The summed E-state index contributed by atoms with van der Waals surface area (Å²) in [4.78, 5) is 21.3. The molecule has 2 aromatic carbocycles. The van der Waals surface area contributed by atoms with Crippen LogP contribution in [-0.4, -0.2) is 29.0 Å². The number of benzene rings is 2. The molecule has 0 saturated heterocycles. The lowest BCUT2D eigenvalue weighted by molar-refractivity contribution is -0.384. The van der Waals surface area contributed by atoms with Crippen molar-refractivity contribution < 1.29 is 18.1 Å². The van der Waals surface area contributed by atoms with Crippen molar-refractivity contribution in [2.24, 2.45) is 5.73 Å². The molecule has 1 heterocycles. The van der Waals surface area contributed by atoms with E-state index in [1.54, 1.807) is 12.3 Å². The van der Waals surface area contributed by atoms with Crippen molar-refractivity contribution in [3.63, 3.8) is 0 Å². The summed E-state index contributed by atoms with van der Waals surface area (Å²) in [5.41, 5.74) is 6.19. The lowest BCUT2D eigenvalue weighted by Crippen LogP contribution is -2.11. The minimum atomic E-state index is -3.66. The maximum atomic E-state index is 12.5. The van der Waals surface area contributed by atoms with Crippen LogP contribution < -0.4 is 5.73 Å². The van der Waals surface area contributed by atoms with Crippen LogP contribution in [0.1, 0.15) is 16.1 Å². The number of amides is 1. The van der Waals surface area contributed by atoms with Gasteiger partial charge in [-0.2, -0.15) is 5.10 Å². The summed E-state index contributed by atoms with van der Waals surface area (Å²) in [7, 11) is -3.66. The first-order valence-corrected chi connectivity index (χ1v) is 9.33. The first kappa shape index (κ1) is 18.3. The zero-order valence-corrected chi connectivity index (χ0v) is 14.7. The van der Waals surface area contributed by atoms with Crippen LogP contribution >= 0.6 is 0 Å². The predicted molar refractivity (Wildman–Crippen MR) is 96.1 cm³/mol. The van der Waals surface area contributed by atoms with Gasteiger partial charge in [-0.3, -0.25) is 14.9 Å². The average Bonchev–Trinajstić information content (AvgIpc) is 3.09. The number of nitrogens with zero attached hydrogens (tertiary/aromatic N) is 3. The molecule has 2 N–H and O–H groups in total. The smallest absolute Gasteiger partial charge is 0.269 e. The summed E-state index contributed by atoms with van der Waals surface area (Å²) in [6, 6.07) is 12.6. The molecule has 1 amide bonds. The molecule has 27 heavy (non-hydrogen) atoms. The summed E-state index contributed by atoms with van der Waals surface area (Å²) in [5, 5.41) is 14.9. The van der Waals surface area contributed by atoms with E-state index in [2.05, 4.69) is 5.10 Å². The molecule has 0 unspecified atom stereocenters. The van der Waals surface area contributed by atoms with E-state index in [1.807, 2.05) is 0 Å². The first-order chi connectivity index (χ1) is 12.8. The van der Waals surface area contributed by atoms with Gasteiger partial charge in [0.2, 0.25) is 5.91 Å². The molecule has 9 nitrogen and oxygen atoms in total. The fourth-order valence-electron chi connectivity index (χ4n) is 2.41. The molecule has 0 aliphatic rings. The molecule has 0 atom stereocenters. The number of carbonyl (C=O) groups excluding carboxylic acids is 1. The molecule has 0 bridgehead atoms. The number of nitro benzene ring substituents is 1.